The lowest BCUT2D eigenvalue weighted by atomic mass is 9.38. The summed E-state index contributed by atoms with van der Waals surface area (Å²) in [4.78, 5) is 9.27. The number of anilines is 3. The molecule has 3 N–H and O–H groups in total. The van der Waals surface area contributed by atoms with Crippen molar-refractivity contribution in [2.45, 2.75) is 38.1 Å². The molecule has 130 valence electrons. The van der Waals surface area contributed by atoms with Crippen molar-refractivity contribution < 1.29 is 0 Å². The summed E-state index contributed by atoms with van der Waals surface area (Å²) in [5.41, 5.74) is 2.21. The van der Waals surface area contributed by atoms with E-state index in [4.69, 9.17) is 10.2 Å². The highest BCUT2D eigenvalue weighted by Gasteiger charge is 2.67. The average molecular weight is 345 g/mol. The maximum absolute atomic E-state index is 8.98. The third-order valence-corrected chi connectivity index (χ3v) is 5.54. The van der Waals surface area contributed by atoms with Crippen molar-refractivity contribution in [3.8, 4) is 6.07 Å². The van der Waals surface area contributed by atoms with Gasteiger partial charge in [0, 0.05) is 41.4 Å². The highest BCUT2D eigenvalue weighted by atomic mass is 15.2. The molecule has 0 spiro atoms. The molecule has 7 heteroatoms. The molecule has 3 saturated carbocycles. The number of fused-ring (bicyclic) bond motifs is 1. The van der Waals surface area contributed by atoms with E-state index in [0.29, 0.717) is 12.2 Å². The van der Waals surface area contributed by atoms with Gasteiger partial charge in [0.15, 0.2) is 5.82 Å². The first-order valence-electron chi connectivity index (χ1n) is 8.79. The molecule has 7 nitrogen and oxygen atoms in total. The molecule has 0 aliphatic heterocycles. The van der Waals surface area contributed by atoms with E-state index in [1.165, 1.54) is 0 Å². The first kappa shape index (κ1) is 15.1. The van der Waals surface area contributed by atoms with Gasteiger partial charge in [-0.2, -0.15) is 10.4 Å². The minimum Gasteiger partial charge on any atom is -0.364 e. The summed E-state index contributed by atoms with van der Waals surface area (Å²) in [5.74, 6) is 2.29. The number of aromatic amines is 1. The van der Waals surface area contributed by atoms with E-state index in [1.807, 2.05) is 31.2 Å². The molecular formula is C19H19N7. The summed E-state index contributed by atoms with van der Waals surface area (Å²) in [6, 6.07) is 10.2. The molecule has 0 atom stereocenters. The number of aryl methyl sites for hydroxylation is 1. The van der Waals surface area contributed by atoms with Crippen molar-refractivity contribution in [3.63, 3.8) is 0 Å². The fraction of sp³-hybridized carbons (Fsp3) is 0.368. The zero-order chi connectivity index (χ0) is 17.8. The summed E-state index contributed by atoms with van der Waals surface area (Å²) >= 11 is 0. The Balaban J connectivity index is 1.45. The molecule has 3 heterocycles. The van der Waals surface area contributed by atoms with Crippen LogP contribution in [-0.2, 0) is 0 Å². The first-order chi connectivity index (χ1) is 12.6. The molecule has 0 saturated heterocycles. The van der Waals surface area contributed by atoms with Crippen molar-refractivity contribution in [2.75, 3.05) is 10.6 Å². The van der Waals surface area contributed by atoms with E-state index < -0.39 is 0 Å². The van der Waals surface area contributed by atoms with E-state index in [-0.39, 0.29) is 11.0 Å². The Bertz CT molecular complexity index is 1030. The van der Waals surface area contributed by atoms with Gasteiger partial charge in [-0.05, 0) is 43.7 Å². The average Bonchev–Trinajstić information content (AvgIpc) is 2.96. The summed E-state index contributed by atoms with van der Waals surface area (Å²) < 4.78 is 0. The molecular weight excluding hydrogens is 326 g/mol. The molecule has 6 rings (SSSR count). The van der Waals surface area contributed by atoms with Gasteiger partial charge in [0.25, 0.3) is 0 Å². The quantitative estimate of drug-likeness (QED) is 0.652. The standard InChI is InChI=1S/C19H19N7/c1-12-7-16(26-25-12)22-15-8-14-13(3-2-6-21-14)17(23-15)24-19-9-18(10-19,11-19)4-5-20/h2-3,6-8H,4,9-11H2,1H3,(H3,22,23,24,25,26). The Labute approximate surface area is 150 Å². The van der Waals surface area contributed by atoms with Gasteiger partial charge in [-0.1, -0.05) is 0 Å². The number of hydrogen-bond acceptors (Lipinski definition) is 6. The van der Waals surface area contributed by atoms with Crippen molar-refractivity contribution in [1.29, 1.82) is 5.26 Å². The Morgan fingerprint density at radius 2 is 2.12 bits per heavy atom. The molecule has 3 aliphatic carbocycles. The zero-order valence-electron chi connectivity index (χ0n) is 14.5. The summed E-state index contributed by atoms with van der Waals surface area (Å²) in [5, 5.41) is 24.0. The minimum atomic E-state index is 0.0914. The molecule has 2 bridgehead atoms. The highest BCUT2D eigenvalue weighted by molar-refractivity contribution is 5.91. The second-order valence-electron chi connectivity index (χ2n) is 7.76. The van der Waals surface area contributed by atoms with Crippen molar-refractivity contribution in [2.24, 2.45) is 5.41 Å². The largest absolute Gasteiger partial charge is 0.364 e. The van der Waals surface area contributed by atoms with Crippen molar-refractivity contribution in [3.05, 3.63) is 36.2 Å². The van der Waals surface area contributed by atoms with Gasteiger partial charge in [-0.15, -0.1) is 0 Å². The Kier molecular flexibility index (Phi) is 3.02. The van der Waals surface area contributed by atoms with Crippen LogP contribution in [-0.4, -0.2) is 25.7 Å². The number of H-pyrrole nitrogens is 1. The highest BCUT2D eigenvalue weighted by Crippen LogP contribution is 2.69. The van der Waals surface area contributed by atoms with Crippen LogP contribution in [0.4, 0.5) is 17.5 Å². The predicted octanol–water partition coefficient (Wildman–Crippen LogP) is 3.65. The maximum atomic E-state index is 8.98. The van der Waals surface area contributed by atoms with Gasteiger partial charge in [0.05, 0.1) is 11.6 Å². The van der Waals surface area contributed by atoms with Crippen LogP contribution in [0.25, 0.3) is 10.9 Å². The number of nitrogens with one attached hydrogen (secondary N) is 3. The van der Waals surface area contributed by atoms with Crippen LogP contribution < -0.4 is 10.6 Å². The topological polar surface area (TPSA) is 102 Å². The van der Waals surface area contributed by atoms with Crippen LogP contribution in [0.1, 0.15) is 31.4 Å². The molecule has 3 aromatic rings. The van der Waals surface area contributed by atoms with E-state index in [1.54, 1.807) is 6.20 Å². The normalized spacial score (nSPS) is 25.8. The second-order valence-corrected chi connectivity index (χ2v) is 7.76. The smallest absolute Gasteiger partial charge is 0.153 e. The Morgan fingerprint density at radius 1 is 1.27 bits per heavy atom. The number of rotatable bonds is 5. The van der Waals surface area contributed by atoms with Gasteiger partial charge in [-0.3, -0.25) is 10.1 Å². The van der Waals surface area contributed by atoms with Gasteiger partial charge in [0.2, 0.25) is 0 Å². The third kappa shape index (κ3) is 2.30. The fourth-order valence-corrected chi connectivity index (χ4v) is 4.58. The fourth-order valence-electron chi connectivity index (χ4n) is 4.58. The van der Waals surface area contributed by atoms with E-state index in [2.05, 4.69) is 31.9 Å². The predicted molar refractivity (Wildman–Crippen MR) is 99.0 cm³/mol. The van der Waals surface area contributed by atoms with Gasteiger partial charge in [-0.25, -0.2) is 4.98 Å². The minimum absolute atomic E-state index is 0.0914. The number of nitriles is 1. The van der Waals surface area contributed by atoms with Gasteiger partial charge in [0.1, 0.15) is 11.6 Å². The van der Waals surface area contributed by atoms with E-state index in [9.17, 15) is 0 Å². The monoisotopic (exact) mass is 345 g/mol. The second kappa shape index (κ2) is 5.18. The Morgan fingerprint density at radius 3 is 2.85 bits per heavy atom. The van der Waals surface area contributed by atoms with Crippen molar-refractivity contribution >= 4 is 28.4 Å². The SMILES string of the molecule is Cc1cc(Nc2cc3ncccc3c(NC34CC(CC#N)(C3)C4)n2)n[nH]1. The lowest BCUT2D eigenvalue weighted by Gasteiger charge is -2.70. The summed E-state index contributed by atoms with van der Waals surface area (Å²) in [6.45, 7) is 1.96. The van der Waals surface area contributed by atoms with E-state index >= 15 is 0 Å². The third-order valence-electron chi connectivity index (χ3n) is 5.54. The van der Waals surface area contributed by atoms with E-state index in [0.717, 1.165) is 47.5 Å². The number of hydrogen-bond donors (Lipinski definition) is 3. The molecule has 3 aliphatic rings. The van der Waals surface area contributed by atoms with Crippen molar-refractivity contribution in [1.82, 2.24) is 20.2 Å². The summed E-state index contributed by atoms with van der Waals surface area (Å²) in [6.07, 6.45) is 5.59. The van der Waals surface area contributed by atoms with Crippen LogP contribution >= 0.6 is 0 Å². The lowest BCUT2D eigenvalue weighted by molar-refractivity contribution is -0.112. The molecule has 0 unspecified atom stereocenters. The van der Waals surface area contributed by atoms with Crippen LogP contribution in [0.15, 0.2) is 30.5 Å². The zero-order valence-corrected chi connectivity index (χ0v) is 14.5. The van der Waals surface area contributed by atoms with Crippen LogP contribution in [0.5, 0.6) is 0 Å². The van der Waals surface area contributed by atoms with Gasteiger partial charge >= 0.3 is 0 Å². The number of pyridine rings is 2. The molecule has 0 radical (unpaired) electrons. The Hall–Kier alpha value is -3.14. The first-order valence-corrected chi connectivity index (χ1v) is 8.79. The molecule has 0 aromatic carbocycles. The molecule has 26 heavy (non-hydrogen) atoms. The van der Waals surface area contributed by atoms with Crippen LogP contribution in [0.3, 0.4) is 0 Å². The molecule has 0 amide bonds. The lowest BCUT2D eigenvalue weighted by Crippen LogP contribution is -2.70. The number of aromatic nitrogens is 4. The van der Waals surface area contributed by atoms with Crippen LogP contribution in [0, 0.1) is 23.7 Å². The number of nitrogens with zero attached hydrogens (tertiary/aromatic N) is 4. The molecule has 3 fully saturated rings. The summed E-state index contributed by atoms with van der Waals surface area (Å²) in [7, 11) is 0. The van der Waals surface area contributed by atoms with Gasteiger partial charge < -0.3 is 10.6 Å². The molecule has 3 aromatic heterocycles. The van der Waals surface area contributed by atoms with Crippen LogP contribution in [0.2, 0.25) is 0 Å². The maximum Gasteiger partial charge on any atom is 0.153 e.